The largest absolute Gasteiger partial charge is 0.372 e. The fourth-order valence-electron chi connectivity index (χ4n) is 6.85. The Morgan fingerprint density at radius 2 is 0.889 bits per heavy atom. The van der Waals surface area contributed by atoms with Crippen molar-refractivity contribution in [2.24, 2.45) is 0 Å². The fourth-order valence-corrected chi connectivity index (χ4v) is 11.2. The van der Waals surface area contributed by atoms with Gasteiger partial charge in [-0.3, -0.25) is 0 Å². The van der Waals surface area contributed by atoms with Crippen molar-refractivity contribution in [1.29, 1.82) is 0 Å². The number of rotatable bonds is 8. The highest BCUT2D eigenvalue weighted by Crippen LogP contribution is 2.23. The van der Waals surface area contributed by atoms with E-state index in [-0.39, 0.29) is 14.7 Å². The normalized spacial score (nSPS) is 10.7. The average Bonchev–Trinajstić information content (AvgIpc) is 4.53. The van der Waals surface area contributed by atoms with Crippen molar-refractivity contribution in [2.75, 3.05) is 41.2 Å². The first-order chi connectivity index (χ1) is 39.0. The fraction of sp³-hybridized carbons (Fsp3) is 0.103. The number of fused-ring (bicyclic) bond motifs is 4. The Kier molecular flexibility index (Phi) is 24.0. The Hall–Kier alpha value is -7.42. The predicted molar refractivity (Wildman–Crippen MR) is 333 cm³/mol. The number of nitrogens with zero attached hydrogens (tertiary/aromatic N) is 6. The molecule has 0 bridgehead atoms. The van der Waals surface area contributed by atoms with Crippen molar-refractivity contribution in [1.82, 2.24) is 37.8 Å². The number of ether oxygens (including phenoxy) is 3. The highest BCUT2D eigenvalue weighted by molar-refractivity contribution is 14.1. The maximum Gasteiger partial charge on any atom is 0.269 e. The molecule has 3 aromatic carbocycles. The van der Waals surface area contributed by atoms with E-state index in [2.05, 4.69) is 115 Å². The molecule has 0 radical (unpaired) electrons. The second-order valence-electron chi connectivity index (χ2n) is 16.1. The summed E-state index contributed by atoms with van der Waals surface area (Å²) in [5, 5.41) is 3.78. The highest BCUT2D eigenvalue weighted by Gasteiger charge is 2.20. The van der Waals surface area contributed by atoms with Gasteiger partial charge in [0.25, 0.3) is 29.1 Å². The van der Waals surface area contributed by atoms with Crippen LogP contribution in [0.3, 0.4) is 0 Å². The molecule has 0 unspecified atom stereocenters. The Balaban J connectivity index is 0.000000165. The first-order valence-corrected chi connectivity index (χ1v) is 30.9. The van der Waals surface area contributed by atoms with Gasteiger partial charge >= 0.3 is 0 Å². The van der Waals surface area contributed by atoms with Crippen molar-refractivity contribution in [2.45, 2.75) is 14.7 Å². The summed E-state index contributed by atoms with van der Waals surface area (Å²) >= 11 is 4.40. The Morgan fingerprint density at radius 3 is 1.32 bits per heavy atom. The van der Waals surface area contributed by atoms with Gasteiger partial charge in [0.15, 0.2) is 11.3 Å². The van der Waals surface area contributed by atoms with Gasteiger partial charge < -0.3 is 24.2 Å². The van der Waals surface area contributed by atoms with Crippen molar-refractivity contribution < 1.29 is 39.5 Å². The molecule has 0 aliphatic rings. The molecule has 8 heterocycles. The molecule has 2 N–H and O–H groups in total. The summed E-state index contributed by atoms with van der Waals surface area (Å²) in [6.07, 6.45) is 18.4. The van der Waals surface area contributed by atoms with E-state index in [1.54, 1.807) is 131 Å². The van der Waals surface area contributed by atoms with E-state index in [1.165, 1.54) is 41.4 Å². The lowest BCUT2D eigenvalue weighted by molar-refractivity contribution is 0.239. The minimum absolute atomic E-state index is 0.136. The molecule has 0 atom stereocenters. The van der Waals surface area contributed by atoms with E-state index in [0.717, 1.165) is 31.2 Å². The quantitative estimate of drug-likeness (QED) is 0.0822. The van der Waals surface area contributed by atoms with Crippen LogP contribution in [0.2, 0.25) is 0 Å². The number of halogens is 3. The summed E-state index contributed by atoms with van der Waals surface area (Å²) in [4.78, 5) is 23.5. The lowest BCUT2D eigenvalue weighted by Crippen LogP contribution is -2.12. The number of aromatic nitrogens is 8. The second-order valence-corrected chi connectivity index (χ2v) is 24.8. The summed E-state index contributed by atoms with van der Waals surface area (Å²) in [6, 6.07) is 39.8. The van der Waals surface area contributed by atoms with E-state index in [9.17, 15) is 25.3 Å². The van der Waals surface area contributed by atoms with E-state index in [4.69, 9.17) is 26.6 Å². The number of methoxy groups -OCH3 is 3. The molecule has 0 fully saturated rings. The maximum atomic E-state index is 12.7. The molecule has 8 aromatic heterocycles. The summed E-state index contributed by atoms with van der Waals surface area (Å²) in [6.45, 7) is 1.20. The van der Waals surface area contributed by atoms with Gasteiger partial charge in [0, 0.05) is 121 Å². The summed E-state index contributed by atoms with van der Waals surface area (Å²) in [5.74, 6) is 13.9. The average molecular weight is 1390 g/mol. The third kappa shape index (κ3) is 18.3. The van der Waals surface area contributed by atoms with Crippen molar-refractivity contribution in [3.05, 3.63) is 207 Å². The third-order valence-corrected chi connectivity index (χ3v) is 16.4. The van der Waals surface area contributed by atoms with Crippen molar-refractivity contribution >= 4 is 129 Å². The van der Waals surface area contributed by atoms with E-state index >= 15 is 0 Å². The van der Waals surface area contributed by atoms with E-state index < -0.39 is 29.1 Å². The third-order valence-electron chi connectivity index (χ3n) is 10.5. The molecule has 0 spiro atoms. The molecule has 23 heteroatoms. The van der Waals surface area contributed by atoms with Crippen LogP contribution in [0.1, 0.15) is 11.1 Å². The predicted octanol–water partition coefficient (Wildman–Crippen LogP) is 10.8. The SMILES string of the molecule is C#CCOC.COCC#Cc1cnc2[nH]ccc2c1.COCC#Cc1cnc2c(ccn2S(=O)(=O)c2ccccc2)c1.Ic1cnc2[nH]ccc2c1.O=S(=O)(Cl)c1ccccc1.O=S(=O)(c1ccccc1)n1ccc2cc(I)cnc21. The molecule has 11 aromatic rings. The minimum atomic E-state index is -3.66. The standard InChI is InChI=1S/C17H14N2O3S.C13H9IN2O2S.C11H10N2O.C7H5IN2.C6H5ClO2S.C4H6O/c1-22-11-5-6-14-12-15-9-10-19(17(15)18-13-14)23(20,21)16-7-3-2-4-8-16;14-11-8-10-6-7-16(13(10)15-9-11)19(17,18)12-4-2-1-3-5-12;1-14-6-2-3-9-7-10-4-5-12-11(10)13-8-9;8-6-3-5-1-2-9-7(5)10-4-6;7-10(8,9)6-4-2-1-3-5-6;1-3-4-5-2/h2-4,7-10,12-13H,11H2,1H3;1-9H;4-5,7-8H,6H2,1H3,(H,12,13);1-4H,(H,9,10);1-5H;1H,4H2,2H3. The van der Waals surface area contributed by atoms with Crippen LogP contribution in [0.25, 0.3) is 44.1 Å². The molecular formula is C58H49ClI2N8O9S3. The Labute approximate surface area is 501 Å². The molecule has 11 rings (SSSR count). The molecule has 414 valence electrons. The van der Waals surface area contributed by atoms with Gasteiger partial charge in [0.05, 0.1) is 14.7 Å². The van der Waals surface area contributed by atoms with Gasteiger partial charge in [-0.15, -0.1) is 6.42 Å². The number of nitrogens with one attached hydrogen (secondary N) is 2. The van der Waals surface area contributed by atoms with E-state index in [0.29, 0.717) is 42.1 Å². The van der Waals surface area contributed by atoms with Crippen molar-refractivity contribution in [3.63, 3.8) is 0 Å². The van der Waals surface area contributed by atoms with Crippen LogP contribution in [-0.4, -0.2) is 104 Å². The molecule has 0 aliphatic heterocycles. The Bertz CT molecular complexity index is 4360. The number of pyridine rings is 4. The topological polar surface area (TPSA) is 223 Å². The zero-order valence-electron chi connectivity index (χ0n) is 43.3. The van der Waals surface area contributed by atoms with E-state index in [1.807, 2.05) is 48.9 Å². The first kappa shape index (κ1) is 62.8. The van der Waals surface area contributed by atoms with Gasteiger partial charge in [0.1, 0.15) is 31.1 Å². The number of hydrogen-bond donors (Lipinski definition) is 2. The first-order valence-electron chi connectivity index (χ1n) is 23.6. The van der Waals surface area contributed by atoms with Gasteiger partial charge in [-0.1, -0.05) is 84.2 Å². The summed E-state index contributed by atoms with van der Waals surface area (Å²) < 4.78 is 90.3. The van der Waals surface area contributed by atoms with Gasteiger partial charge in [-0.05, 0) is 130 Å². The molecule has 17 nitrogen and oxygen atoms in total. The van der Waals surface area contributed by atoms with Gasteiger partial charge in [-0.2, -0.15) is 0 Å². The van der Waals surface area contributed by atoms with Crippen LogP contribution in [0, 0.1) is 43.2 Å². The van der Waals surface area contributed by atoms with Crippen LogP contribution >= 0.6 is 55.9 Å². The van der Waals surface area contributed by atoms with Crippen LogP contribution in [-0.2, 0) is 43.3 Å². The molecule has 0 aliphatic carbocycles. The van der Waals surface area contributed by atoms with Gasteiger partial charge in [0.2, 0.25) is 0 Å². The molecule has 0 amide bonds. The lowest BCUT2D eigenvalue weighted by Gasteiger charge is -2.06. The van der Waals surface area contributed by atoms with Gasteiger partial charge in [-0.25, -0.2) is 53.1 Å². The molecule has 81 heavy (non-hydrogen) atoms. The summed E-state index contributed by atoms with van der Waals surface area (Å²) in [5.41, 5.74) is 4.30. The highest BCUT2D eigenvalue weighted by atomic mass is 127. The zero-order chi connectivity index (χ0) is 58.3. The second kappa shape index (κ2) is 31.0. The van der Waals surface area contributed by atoms with Crippen LogP contribution in [0.15, 0.2) is 204 Å². The number of terminal acetylenes is 1. The number of H-pyrrole nitrogens is 2. The monoisotopic (exact) mass is 1390 g/mol. The minimum Gasteiger partial charge on any atom is -0.372 e. The molecule has 0 saturated heterocycles. The van der Waals surface area contributed by atoms with Crippen molar-refractivity contribution in [3.8, 4) is 36.0 Å². The van der Waals surface area contributed by atoms with Crippen LogP contribution in [0.5, 0.6) is 0 Å². The lowest BCUT2D eigenvalue weighted by atomic mass is 10.2. The zero-order valence-corrected chi connectivity index (χ0v) is 50.8. The maximum absolute atomic E-state index is 12.7. The number of aromatic amines is 2. The Morgan fingerprint density at radius 1 is 0.506 bits per heavy atom. The van der Waals surface area contributed by atoms with Crippen LogP contribution < -0.4 is 0 Å². The molecule has 0 saturated carbocycles. The number of benzene rings is 3. The summed E-state index contributed by atoms with van der Waals surface area (Å²) in [7, 11) is -0.970. The number of hydrogen-bond acceptors (Lipinski definition) is 13. The van der Waals surface area contributed by atoms with Crippen LogP contribution in [0.4, 0.5) is 0 Å². The molecular weight excluding hydrogens is 1340 g/mol. The smallest absolute Gasteiger partial charge is 0.269 e.